The lowest BCUT2D eigenvalue weighted by molar-refractivity contribution is -0.119. The number of carbonyl (C=O) groups is 1. The van der Waals surface area contributed by atoms with E-state index in [4.69, 9.17) is 0 Å². The Hall–Kier alpha value is -2.56. The molecule has 2 aliphatic heterocycles. The number of nitrogens with zero attached hydrogens (tertiary/aromatic N) is 1. The Bertz CT molecular complexity index is 643. The zero-order valence-corrected chi connectivity index (χ0v) is 9.40. The summed E-state index contributed by atoms with van der Waals surface area (Å²) < 4.78 is 0. The fourth-order valence-electron chi connectivity index (χ4n) is 2.52. The second-order valence-electron chi connectivity index (χ2n) is 4.40. The third-order valence-electron chi connectivity index (χ3n) is 3.36. The highest BCUT2D eigenvalue weighted by molar-refractivity contribution is 6.11. The summed E-state index contributed by atoms with van der Waals surface area (Å²) in [7, 11) is 0. The van der Waals surface area contributed by atoms with E-state index in [1.54, 1.807) is 6.20 Å². The third kappa shape index (κ3) is 1.01. The van der Waals surface area contributed by atoms with Gasteiger partial charge in [-0.05, 0) is 18.2 Å². The van der Waals surface area contributed by atoms with Gasteiger partial charge < -0.3 is 16.0 Å². The lowest BCUT2D eigenvalue weighted by atomic mass is 10.0. The fourth-order valence-corrected chi connectivity index (χ4v) is 2.52. The van der Waals surface area contributed by atoms with Crippen LogP contribution in [0.5, 0.6) is 0 Å². The number of pyridine rings is 1. The van der Waals surface area contributed by atoms with E-state index in [0.29, 0.717) is 5.82 Å². The van der Waals surface area contributed by atoms with Crippen LogP contribution in [0, 0.1) is 0 Å². The Labute approximate surface area is 103 Å². The summed E-state index contributed by atoms with van der Waals surface area (Å²) in [5.41, 5.74) is 1.64. The van der Waals surface area contributed by atoms with Crippen molar-refractivity contribution >= 4 is 23.1 Å². The molecule has 1 spiro atoms. The second-order valence-corrected chi connectivity index (χ2v) is 4.40. The highest BCUT2D eigenvalue weighted by Crippen LogP contribution is 2.44. The van der Waals surface area contributed by atoms with Gasteiger partial charge in [-0.3, -0.25) is 4.79 Å². The first kappa shape index (κ1) is 9.47. The van der Waals surface area contributed by atoms with Gasteiger partial charge in [-0.1, -0.05) is 18.2 Å². The maximum atomic E-state index is 12.3. The van der Waals surface area contributed by atoms with Gasteiger partial charge >= 0.3 is 0 Å². The Morgan fingerprint density at radius 1 is 1.00 bits per heavy atom. The van der Waals surface area contributed by atoms with E-state index in [9.17, 15) is 4.79 Å². The van der Waals surface area contributed by atoms with Gasteiger partial charge in [-0.2, -0.15) is 0 Å². The molecule has 1 atom stereocenters. The van der Waals surface area contributed by atoms with E-state index in [0.717, 1.165) is 16.9 Å². The quantitative estimate of drug-likeness (QED) is 0.654. The monoisotopic (exact) mass is 238 g/mol. The van der Waals surface area contributed by atoms with Crippen LogP contribution >= 0.6 is 0 Å². The van der Waals surface area contributed by atoms with Gasteiger partial charge in [0.15, 0.2) is 5.82 Å². The molecule has 0 aliphatic carbocycles. The fraction of sp³-hybridized carbons (Fsp3) is 0.0769. The van der Waals surface area contributed by atoms with Crippen molar-refractivity contribution in [3.8, 4) is 0 Å². The highest BCUT2D eigenvalue weighted by atomic mass is 16.2. The predicted octanol–water partition coefficient (Wildman–Crippen LogP) is 1.72. The van der Waals surface area contributed by atoms with Crippen LogP contribution in [-0.2, 0) is 10.5 Å². The summed E-state index contributed by atoms with van der Waals surface area (Å²) in [5.74, 6) is 0.589. The number of amides is 1. The number of hydrogen-bond donors (Lipinski definition) is 3. The average Bonchev–Trinajstić information content (AvgIpc) is 2.90. The summed E-state index contributed by atoms with van der Waals surface area (Å²) in [6.45, 7) is 0. The van der Waals surface area contributed by atoms with Crippen LogP contribution in [-0.4, -0.2) is 10.9 Å². The van der Waals surface area contributed by atoms with Crippen molar-refractivity contribution in [3.05, 3.63) is 48.2 Å². The zero-order valence-electron chi connectivity index (χ0n) is 9.40. The molecule has 3 heterocycles. The molecule has 1 unspecified atom stereocenters. The van der Waals surface area contributed by atoms with Crippen LogP contribution in [0.25, 0.3) is 0 Å². The predicted molar refractivity (Wildman–Crippen MR) is 68.2 cm³/mol. The van der Waals surface area contributed by atoms with Crippen molar-refractivity contribution in [1.29, 1.82) is 0 Å². The van der Waals surface area contributed by atoms with Crippen LogP contribution in [0.15, 0.2) is 42.6 Å². The average molecular weight is 238 g/mol. The summed E-state index contributed by atoms with van der Waals surface area (Å²) in [5, 5.41) is 9.28. The van der Waals surface area contributed by atoms with E-state index >= 15 is 0 Å². The van der Waals surface area contributed by atoms with Crippen molar-refractivity contribution in [2.45, 2.75) is 5.66 Å². The van der Waals surface area contributed by atoms with Crippen LogP contribution in [0.4, 0.5) is 17.2 Å². The largest absolute Gasteiger partial charge is 0.348 e. The van der Waals surface area contributed by atoms with E-state index < -0.39 is 5.66 Å². The number of fused-ring (bicyclic) bond motifs is 3. The van der Waals surface area contributed by atoms with Crippen LogP contribution in [0.1, 0.15) is 5.56 Å². The smallest absolute Gasteiger partial charge is 0.275 e. The molecule has 0 radical (unpaired) electrons. The number of aromatic nitrogens is 1. The molecule has 18 heavy (non-hydrogen) atoms. The Morgan fingerprint density at radius 3 is 2.72 bits per heavy atom. The number of carbonyl (C=O) groups excluding carboxylic acids is 1. The first-order valence-corrected chi connectivity index (χ1v) is 5.72. The number of anilines is 3. The summed E-state index contributed by atoms with van der Waals surface area (Å²) in [6.07, 6.45) is 1.70. The van der Waals surface area contributed by atoms with E-state index in [-0.39, 0.29) is 5.91 Å². The molecule has 2 aromatic rings. The summed E-state index contributed by atoms with van der Waals surface area (Å²) >= 11 is 0. The van der Waals surface area contributed by atoms with Gasteiger partial charge in [0.05, 0.1) is 5.69 Å². The molecule has 0 bridgehead atoms. The molecule has 3 N–H and O–H groups in total. The van der Waals surface area contributed by atoms with Crippen LogP contribution < -0.4 is 16.0 Å². The number of rotatable bonds is 0. The van der Waals surface area contributed by atoms with Crippen molar-refractivity contribution in [2.24, 2.45) is 0 Å². The van der Waals surface area contributed by atoms with E-state index in [1.165, 1.54) is 0 Å². The molecule has 4 rings (SSSR count). The van der Waals surface area contributed by atoms with Gasteiger partial charge in [-0.25, -0.2) is 4.98 Å². The highest BCUT2D eigenvalue weighted by Gasteiger charge is 2.51. The molecular formula is C13H10N4O. The summed E-state index contributed by atoms with van der Waals surface area (Å²) in [4.78, 5) is 16.5. The molecule has 5 nitrogen and oxygen atoms in total. The topological polar surface area (TPSA) is 66.0 Å². The number of hydrogen-bond acceptors (Lipinski definition) is 4. The first-order valence-electron chi connectivity index (χ1n) is 5.72. The lowest BCUT2D eigenvalue weighted by Crippen LogP contribution is -2.45. The zero-order chi connectivity index (χ0) is 12.2. The first-order chi connectivity index (χ1) is 8.79. The van der Waals surface area contributed by atoms with Crippen molar-refractivity contribution in [2.75, 3.05) is 16.0 Å². The number of nitrogens with one attached hydrogen (secondary N) is 3. The van der Waals surface area contributed by atoms with Gasteiger partial charge in [0.2, 0.25) is 5.66 Å². The molecule has 1 aromatic heterocycles. The number of para-hydroxylation sites is 1. The van der Waals surface area contributed by atoms with E-state index in [2.05, 4.69) is 20.9 Å². The van der Waals surface area contributed by atoms with Crippen LogP contribution in [0.2, 0.25) is 0 Å². The SMILES string of the molecule is O=C1Nc2ccccc2C12Nc1cccnc1N2. The van der Waals surface area contributed by atoms with Gasteiger partial charge in [-0.15, -0.1) is 0 Å². The minimum atomic E-state index is -0.923. The molecule has 5 heteroatoms. The lowest BCUT2D eigenvalue weighted by Gasteiger charge is -2.22. The molecule has 2 aliphatic rings. The van der Waals surface area contributed by atoms with Gasteiger partial charge in [0.25, 0.3) is 5.91 Å². The van der Waals surface area contributed by atoms with Crippen molar-refractivity contribution in [3.63, 3.8) is 0 Å². The maximum Gasteiger partial charge on any atom is 0.275 e. The molecule has 0 saturated heterocycles. The third-order valence-corrected chi connectivity index (χ3v) is 3.36. The standard InChI is InChI=1S/C13H10N4O/c18-12-13(8-4-1-2-5-9(8)15-12)16-10-6-3-7-14-11(10)17-13/h1-7,16H,(H,14,17)(H,15,18). The van der Waals surface area contributed by atoms with Gasteiger partial charge in [0, 0.05) is 17.4 Å². The minimum absolute atomic E-state index is 0.110. The summed E-state index contributed by atoms with van der Waals surface area (Å²) in [6, 6.07) is 11.4. The van der Waals surface area contributed by atoms with E-state index in [1.807, 2.05) is 36.4 Å². The normalized spacial score (nSPS) is 23.0. The molecule has 0 fully saturated rings. The maximum absolute atomic E-state index is 12.3. The minimum Gasteiger partial charge on any atom is -0.348 e. The second kappa shape index (κ2) is 3.01. The van der Waals surface area contributed by atoms with Gasteiger partial charge in [0.1, 0.15) is 0 Å². The molecule has 1 aromatic carbocycles. The van der Waals surface area contributed by atoms with Crippen LogP contribution in [0.3, 0.4) is 0 Å². The molecule has 88 valence electrons. The Kier molecular flexibility index (Phi) is 1.58. The Balaban J connectivity index is 1.90. The molecule has 1 amide bonds. The molecular weight excluding hydrogens is 228 g/mol. The van der Waals surface area contributed by atoms with Crippen molar-refractivity contribution in [1.82, 2.24) is 4.98 Å². The number of benzene rings is 1. The van der Waals surface area contributed by atoms with Crippen molar-refractivity contribution < 1.29 is 4.79 Å². The Morgan fingerprint density at radius 2 is 1.83 bits per heavy atom. The molecule has 0 saturated carbocycles.